The van der Waals surface area contributed by atoms with Crippen LogP contribution in [0, 0.1) is 0 Å². The molecule has 2 aromatic rings. The molecule has 0 saturated heterocycles. The molecule has 0 aliphatic carbocycles. The van der Waals surface area contributed by atoms with E-state index in [0.29, 0.717) is 29.4 Å². The summed E-state index contributed by atoms with van der Waals surface area (Å²) in [6.07, 6.45) is 0. The number of thioether (sulfide) groups is 1. The van der Waals surface area contributed by atoms with Crippen LogP contribution in [0.1, 0.15) is 31.1 Å². The molecular formula is C15H19N3O3S. The molecule has 0 fully saturated rings. The Morgan fingerprint density at radius 1 is 1.41 bits per heavy atom. The first-order chi connectivity index (χ1) is 10.5. The van der Waals surface area contributed by atoms with Crippen LogP contribution in [0.3, 0.4) is 0 Å². The molecule has 1 aromatic carbocycles. The molecule has 0 unspecified atom stereocenters. The number of fused-ring (bicyclic) bond motifs is 1. The summed E-state index contributed by atoms with van der Waals surface area (Å²) >= 11 is 1.31. The summed E-state index contributed by atoms with van der Waals surface area (Å²) in [4.78, 5) is 27.5. The Hall–Kier alpha value is -2.02. The summed E-state index contributed by atoms with van der Waals surface area (Å²) in [6.45, 7) is 6.55. The van der Waals surface area contributed by atoms with Gasteiger partial charge in [0.2, 0.25) is 5.91 Å². The number of ether oxygens (including phenoxy) is 1. The fourth-order valence-corrected chi connectivity index (χ4v) is 3.00. The van der Waals surface area contributed by atoms with Crippen LogP contribution < -0.4 is 5.73 Å². The zero-order valence-electron chi connectivity index (χ0n) is 12.8. The van der Waals surface area contributed by atoms with Crippen LogP contribution >= 0.6 is 11.8 Å². The van der Waals surface area contributed by atoms with Crippen LogP contribution in [0.15, 0.2) is 23.4 Å². The lowest BCUT2D eigenvalue weighted by Gasteiger charge is -2.08. The summed E-state index contributed by atoms with van der Waals surface area (Å²) < 4.78 is 6.99. The van der Waals surface area contributed by atoms with E-state index in [2.05, 4.69) is 4.98 Å². The molecule has 6 nitrogen and oxygen atoms in total. The number of aryl methyl sites for hydroxylation is 1. The van der Waals surface area contributed by atoms with Gasteiger partial charge in [0.1, 0.15) is 0 Å². The van der Waals surface area contributed by atoms with Crippen molar-refractivity contribution in [3.05, 3.63) is 23.8 Å². The number of carbonyl (C=O) groups excluding carboxylic acids is 2. The lowest BCUT2D eigenvalue weighted by atomic mass is 10.2. The molecule has 0 aliphatic heterocycles. The fraction of sp³-hybridized carbons (Fsp3) is 0.400. The van der Waals surface area contributed by atoms with Crippen LogP contribution in [-0.2, 0) is 16.1 Å². The molecule has 0 spiro atoms. The maximum Gasteiger partial charge on any atom is 0.338 e. The molecule has 7 heteroatoms. The summed E-state index contributed by atoms with van der Waals surface area (Å²) in [5.41, 5.74) is 7.39. The van der Waals surface area contributed by atoms with E-state index in [0.717, 1.165) is 5.52 Å². The van der Waals surface area contributed by atoms with Crippen molar-refractivity contribution in [2.45, 2.75) is 37.7 Å². The van der Waals surface area contributed by atoms with Gasteiger partial charge in [-0.15, -0.1) is 0 Å². The van der Waals surface area contributed by atoms with Gasteiger partial charge in [-0.3, -0.25) is 4.79 Å². The smallest absolute Gasteiger partial charge is 0.338 e. The number of nitrogens with zero attached hydrogens (tertiary/aromatic N) is 2. The molecule has 118 valence electrons. The number of hydrogen-bond acceptors (Lipinski definition) is 5. The van der Waals surface area contributed by atoms with Crippen molar-refractivity contribution in [2.75, 3.05) is 6.61 Å². The molecule has 0 bridgehead atoms. The SMILES string of the molecule is CCOC(=O)c1ccc2c(c1)nc(S[C@H](C)C(N)=O)n2CC. The number of primary amides is 1. The first-order valence-electron chi connectivity index (χ1n) is 7.11. The number of hydrogen-bond donors (Lipinski definition) is 1. The Labute approximate surface area is 133 Å². The van der Waals surface area contributed by atoms with Crippen molar-refractivity contribution in [3.8, 4) is 0 Å². The molecule has 0 aliphatic rings. The highest BCUT2D eigenvalue weighted by molar-refractivity contribution is 8.00. The topological polar surface area (TPSA) is 87.2 Å². The first-order valence-corrected chi connectivity index (χ1v) is 7.99. The molecule has 1 atom stereocenters. The van der Waals surface area contributed by atoms with Crippen LogP contribution in [0.5, 0.6) is 0 Å². The number of benzene rings is 1. The number of imidazole rings is 1. The van der Waals surface area contributed by atoms with E-state index in [9.17, 15) is 9.59 Å². The average molecular weight is 321 g/mol. The maximum absolute atomic E-state index is 11.8. The standard InChI is InChI=1S/C15H19N3O3S/c1-4-18-12-7-6-10(14(20)21-5-2)8-11(12)17-15(18)22-9(3)13(16)19/h6-9H,4-5H2,1-3H3,(H2,16,19)/t9-/m1/s1. The quantitative estimate of drug-likeness (QED) is 0.651. The number of aromatic nitrogens is 2. The van der Waals surface area contributed by atoms with Crippen LogP contribution in [0.2, 0.25) is 0 Å². The highest BCUT2D eigenvalue weighted by Crippen LogP contribution is 2.27. The highest BCUT2D eigenvalue weighted by atomic mass is 32.2. The van der Waals surface area contributed by atoms with Gasteiger partial charge >= 0.3 is 5.97 Å². The predicted octanol–water partition coefficient (Wildman–Crippen LogP) is 2.20. The van der Waals surface area contributed by atoms with E-state index < -0.39 is 0 Å². The number of nitrogens with two attached hydrogens (primary N) is 1. The minimum absolute atomic E-state index is 0.331. The molecule has 1 heterocycles. The van der Waals surface area contributed by atoms with Crippen molar-refractivity contribution >= 4 is 34.7 Å². The zero-order chi connectivity index (χ0) is 16.3. The van der Waals surface area contributed by atoms with Crippen LogP contribution in [-0.4, -0.2) is 33.3 Å². The number of rotatable bonds is 6. The van der Waals surface area contributed by atoms with Crippen molar-refractivity contribution in [1.82, 2.24) is 9.55 Å². The first kappa shape index (κ1) is 16.4. The van der Waals surface area contributed by atoms with Crippen LogP contribution in [0.4, 0.5) is 0 Å². The minimum Gasteiger partial charge on any atom is -0.462 e. The van der Waals surface area contributed by atoms with Gasteiger partial charge in [0.05, 0.1) is 28.5 Å². The monoisotopic (exact) mass is 321 g/mol. The van der Waals surface area contributed by atoms with E-state index in [4.69, 9.17) is 10.5 Å². The second kappa shape index (κ2) is 6.83. The number of esters is 1. The third kappa shape index (κ3) is 3.24. The highest BCUT2D eigenvalue weighted by Gasteiger charge is 2.18. The lowest BCUT2D eigenvalue weighted by Crippen LogP contribution is -2.23. The normalized spacial score (nSPS) is 12.3. The van der Waals surface area contributed by atoms with Gasteiger partial charge in [0.15, 0.2) is 5.16 Å². The van der Waals surface area contributed by atoms with Crippen molar-refractivity contribution in [3.63, 3.8) is 0 Å². The van der Waals surface area contributed by atoms with Crippen molar-refractivity contribution in [1.29, 1.82) is 0 Å². The summed E-state index contributed by atoms with van der Waals surface area (Å²) in [5.74, 6) is -0.748. The van der Waals surface area contributed by atoms with E-state index in [-0.39, 0.29) is 17.1 Å². The second-order valence-corrected chi connectivity index (χ2v) is 6.03. The van der Waals surface area contributed by atoms with Crippen LogP contribution in [0.25, 0.3) is 11.0 Å². The summed E-state index contributed by atoms with van der Waals surface area (Å²) in [6, 6.07) is 5.27. The minimum atomic E-state index is -0.382. The van der Waals surface area contributed by atoms with Gasteiger partial charge in [-0.1, -0.05) is 11.8 Å². The molecule has 0 saturated carbocycles. The fourth-order valence-electron chi connectivity index (χ4n) is 2.06. The molecule has 2 rings (SSSR count). The molecule has 0 radical (unpaired) electrons. The predicted molar refractivity (Wildman–Crippen MR) is 85.9 cm³/mol. The Balaban J connectivity index is 2.42. The van der Waals surface area contributed by atoms with Gasteiger partial charge < -0.3 is 15.0 Å². The Morgan fingerprint density at radius 2 is 2.14 bits per heavy atom. The Kier molecular flexibility index (Phi) is 5.07. The number of amides is 1. The Morgan fingerprint density at radius 3 is 2.73 bits per heavy atom. The molecule has 1 aromatic heterocycles. The third-order valence-corrected chi connectivity index (χ3v) is 4.33. The molecule has 2 N–H and O–H groups in total. The van der Waals surface area contributed by atoms with E-state index in [1.807, 2.05) is 17.6 Å². The van der Waals surface area contributed by atoms with E-state index in [1.165, 1.54) is 11.8 Å². The second-order valence-electron chi connectivity index (χ2n) is 4.73. The Bertz CT molecular complexity index is 711. The molecular weight excluding hydrogens is 302 g/mol. The molecule has 22 heavy (non-hydrogen) atoms. The third-order valence-electron chi connectivity index (χ3n) is 3.22. The van der Waals surface area contributed by atoms with Gasteiger partial charge in [0.25, 0.3) is 0 Å². The van der Waals surface area contributed by atoms with Gasteiger partial charge in [-0.25, -0.2) is 9.78 Å². The van der Waals surface area contributed by atoms with Crippen molar-refractivity contribution < 1.29 is 14.3 Å². The van der Waals surface area contributed by atoms with E-state index in [1.54, 1.807) is 26.0 Å². The van der Waals surface area contributed by atoms with Crippen molar-refractivity contribution in [2.24, 2.45) is 5.73 Å². The largest absolute Gasteiger partial charge is 0.462 e. The molecule has 1 amide bonds. The number of carbonyl (C=O) groups is 2. The van der Waals surface area contributed by atoms with Gasteiger partial charge in [0, 0.05) is 6.54 Å². The lowest BCUT2D eigenvalue weighted by molar-refractivity contribution is -0.117. The van der Waals surface area contributed by atoms with Gasteiger partial charge in [-0.2, -0.15) is 0 Å². The summed E-state index contributed by atoms with van der Waals surface area (Å²) in [7, 11) is 0. The maximum atomic E-state index is 11.8. The summed E-state index contributed by atoms with van der Waals surface area (Å²) in [5, 5.41) is 0.344. The van der Waals surface area contributed by atoms with E-state index >= 15 is 0 Å². The average Bonchev–Trinajstić information content (AvgIpc) is 2.83. The van der Waals surface area contributed by atoms with Gasteiger partial charge in [-0.05, 0) is 39.0 Å². The zero-order valence-corrected chi connectivity index (χ0v) is 13.6.